The van der Waals surface area contributed by atoms with Crippen molar-refractivity contribution in [3.63, 3.8) is 0 Å². The Bertz CT molecular complexity index is 2880. The van der Waals surface area contributed by atoms with Gasteiger partial charge in [-0.1, -0.05) is 176 Å². The van der Waals surface area contributed by atoms with E-state index in [0.717, 1.165) is 22.3 Å². The van der Waals surface area contributed by atoms with E-state index in [1.54, 1.807) is 0 Å². The van der Waals surface area contributed by atoms with E-state index < -0.39 is 5.41 Å². The highest BCUT2D eigenvalue weighted by Gasteiger charge is 2.52. The Kier molecular flexibility index (Phi) is 6.47. The van der Waals surface area contributed by atoms with Crippen LogP contribution in [0.3, 0.4) is 0 Å². The molecule has 1 atom stereocenters. The molecule has 11 rings (SSSR count). The highest BCUT2D eigenvalue weighted by Crippen LogP contribution is 2.64. The van der Waals surface area contributed by atoms with Gasteiger partial charge in [0.1, 0.15) is 0 Å². The number of rotatable bonds is 4. The SMILES string of the molecule is c1ccc(-c2ccc(-c3nc(-c4ccccc4)nc(-c4cccc5c4-c4ccccc4C54c5ccccc5-c5cc6ccccc6cc54)n3)cc2)cc1. The summed E-state index contributed by atoms with van der Waals surface area (Å²) in [5.74, 6) is 1.96. The zero-order chi connectivity index (χ0) is 34.9. The van der Waals surface area contributed by atoms with E-state index in [9.17, 15) is 0 Å². The van der Waals surface area contributed by atoms with Crippen molar-refractivity contribution in [3.8, 4) is 67.5 Å². The predicted octanol–water partition coefficient (Wildman–Crippen LogP) is 12.0. The van der Waals surface area contributed by atoms with E-state index in [4.69, 9.17) is 15.0 Å². The van der Waals surface area contributed by atoms with Crippen LogP contribution in [0.1, 0.15) is 22.3 Å². The molecule has 0 N–H and O–H groups in total. The number of hydrogen-bond donors (Lipinski definition) is 0. The molecule has 1 unspecified atom stereocenters. The van der Waals surface area contributed by atoms with E-state index in [0.29, 0.717) is 17.5 Å². The van der Waals surface area contributed by atoms with Crippen molar-refractivity contribution in [3.05, 3.63) is 210 Å². The first kappa shape index (κ1) is 29.7. The van der Waals surface area contributed by atoms with Gasteiger partial charge in [0.25, 0.3) is 0 Å². The van der Waals surface area contributed by atoms with Gasteiger partial charge in [0.05, 0.1) is 5.41 Å². The minimum atomic E-state index is -0.483. The first-order valence-corrected chi connectivity index (χ1v) is 18.1. The quantitative estimate of drug-likeness (QED) is 0.187. The van der Waals surface area contributed by atoms with Gasteiger partial charge in [0.15, 0.2) is 17.5 Å². The van der Waals surface area contributed by atoms with Gasteiger partial charge in [0, 0.05) is 16.7 Å². The molecule has 8 aromatic carbocycles. The van der Waals surface area contributed by atoms with Crippen LogP contribution in [0, 0.1) is 0 Å². The number of nitrogens with zero attached hydrogens (tertiary/aromatic N) is 3. The van der Waals surface area contributed by atoms with Crippen LogP contribution in [0.15, 0.2) is 188 Å². The van der Waals surface area contributed by atoms with E-state index in [1.807, 2.05) is 24.3 Å². The summed E-state index contributed by atoms with van der Waals surface area (Å²) in [6.45, 7) is 0. The average Bonchev–Trinajstić information content (AvgIpc) is 3.70. The normalized spacial score (nSPS) is 14.9. The van der Waals surface area contributed by atoms with Gasteiger partial charge in [-0.25, -0.2) is 15.0 Å². The second-order valence-electron chi connectivity index (χ2n) is 13.9. The summed E-state index contributed by atoms with van der Waals surface area (Å²) in [4.78, 5) is 15.6. The van der Waals surface area contributed by atoms with Crippen molar-refractivity contribution in [1.82, 2.24) is 15.0 Å². The molecule has 1 heterocycles. The van der Waals surface area contributed by atoms with Crippen LogP contribution >= 0.6 is 0 Å². The fraction of sp³-hybridized carbons (Fsp3) is 0.0200. The van der Waals surface area contributed by atoms with Gasteiger partial charge in [-0.2, -0.15) is 0 Å². The third-order valence-corrected chi connectivity index (χ3v) is 11.1. The van der Waals surface area contributed by atoms with Crippen molar-refractivity contribution >= 4 is 10.8 Å². The Morgan fingerprint density at radius 2 is 0.755 bits per heavy atom. The molecule has 0 aliphatic heterocycles. The smallest absolute Gasteiger partial charge is 0.164 e. The van der Waals surface area contributed by atoms with Crippen molar-refractivity contribution in [2.75, 3.05) is 0 Å². The van der Waals surface area contributed by atoms with Crippen LogP contribution in [0.2, 0.25) is 0 Å². The summed E-state index contributed by atoms with van der Waals surface area (Å²) in [6, 6.07) is 67.3. The molecule has 0 fully saturated rings. The summed E-state index contributed by atoms with van der Waals surface area (Å²) in [6.07, 6.45) is 0. The zero-order valence-electron chi connectivity index (χ0n) is 28.7. The molecule has 3 heteroatoms. The second kappa shape index (κ2) is 11.5. The third-order valence-electron chi connectivity index (χ3n) is 11.1. The molecule has 0 radical (unpaired) electrons. The standard InChI is InChI=1S/C50H31N3/c1-3-14-32(15-4-1)33-26-28-35(29-27-33)48-51-47(34-16-5-2-6-17-34)52-49(53-48)40-22-13-25-44-46(40)39-21-10-12-24-43(39)50(44)42-23-11-9-20-38(42)41-30-36-18-7-8-19-37(36)31-45(41)50/h1-31H. The summed E-state index contributed by atoms with van der Waals surface area (Å²) >= 11 is 0. The molecule has 246 valence electrons. The molecule has 0 saturated carbocycles. The molecular weight excluding hydrogens is 643 g/mol. The summed E-state index contributed by atoms with van der Waals surface area (Å²) in [5, 5.41) is 2.50. The summed E-state index contributed by atoms with van der Waals surface area (Å²) in [5.41, 5.74) is 14.9. The molecular formula is C50H31N3. The Labute approximate surface area is 308 Å². The molecule has 9 aromatic rings. The van der Waals surface area contributed by atoms with Gasteiger partial charge in [-0.05, 0) is 78.5 Å². The van der Waals surface area contributed by atoms with Crippen molar-refractivity contribution < 1.29 is 0 Å². The maximum Gasteiger partial charge on any atom is 0.164 e. The minimum absolute atomic E-state index is 0.483. The first-order chi connectivity index (χ1) is 26.3. The summed E-state index contributed by atoms with van der Waals surface area (Å²) in [7, 11) is 0. The van der Waals surface area contributed by atoms with Gasteiger partial charge in [0.2, 0.25) is 0 Å². The fourth-order valence-corrected chi connectivity index (χ4v) is 8.84. The van der Waals surface area contributed by atoms with Gasteiger partial charge in [-0.3, -0.25) is 0 Å². The second-order valence-corrected chi connectivity index (χ2v) is 13.9. The largest absolute Gasteiger partial charge is 0.208 e. The number of fused-ring (bicyclic) bond motifs is 11. The molecule has 0 amide bonds. The molecule has 2 aliphatic carbocycles. The maximum atomic E-state index is 5.27. The first-order valence-electron chi connectivity index (χ1n) is 18.1. The van der Waals surface area contributed by atoms with Crippen LogP contribution in [0.25, 0.3) is 78.3 Å². The van der Waals surface area contributed by atoms with Gasteiger partial charge < -0.3 is 0 Å². The lowest BCUT2D eigenvalue weighted by atomic mass is 9.70. The number of hydrogen-bond acceptors (Lipinski definition) is 3. The zero-order valence-corrected chi connectivity index (χ0v) is 28.7. The summed E-state index contributed by atoms with van der Waals surface area (Å²) < 4.78 is 0. The van der Waals surface area contributed by atoms with Crippen molar-refractivity contribution in [2.24, 2.45) is 0 Å². The monoisotopic (exact) mass is 673 g/mol. The highest BCUT2D eigenvalue weighted by molar-refractivity contribution is 6.02. The third kappa shape index (κ3) is 4.38. The van der Waals surface area contributed by atoms with Crippen molar-refractivity contribution in [2.45, 2.75) is 5.41 Å². The maximum absolute atomic E-state index is 5.27. The Morgan fingerprint density at radius 3 is 1.47 bits per heavy atom. The molecule has 1 spiro atoms. The molecule has 0 saturated heterocycles. The molecule has 3 nitrogen and oxygen atoms in total. The minimum Gasteiger partial charge on any atom is -0.208 e. The lowest BCUT2D eigenvalue weighted by molar-refractivity contribution is 0.795. The average molecular weight is 674 g/mol. The number of aromatic nitrogens is 3. The van der Waals surface area contributed by atoms with Crippen LogP contribution in [-0.4, -0.2) is 15.0 Å². The number of benzene rings is 8. The molecule has 53 heavy (non-hydrogen) atoms. The predicted molar refractivity (Wildman–Crippen MR) is 215 cm³/mol. The topological polar surface area (TPSA) is 38.7 Å². The highest BCUT2D eigenvalue weighted by atomic mass is 15.0. The van der Waals surface area contributed by atoms with Crippen molar-refractivity contribution in [1.29, 1.82) is 0 Å². The van der Waals surface area contributed by atoms with Crippen LogP contribution in [-0.2, 0) is 5.41 Å². The Morgan fingerprint density at radius 1 is 0.283 bits per heavy atom. The lowest BCUT2D eigenvalue weighted by Gasteiger charge is -2.30. The molecule has 0 bridgehead atoms. The Hall–Kier alpha value is -6.97. The van der Waals surface area contributed by atoms with E-state index in [1.165, 1.54) is 60.8 Å². The fourth-order valence-electron chi connectivity index (χ4n) is 8.84. The lowest BCUT2D eigenvalue weighted by Crippen LogP contribution is -2.25. The Balaban J connectivity index is 1.17. The van der Waals surface area contributed by atoms with E-state index in [2.05, 4.69) is 164 Å². The molecule has 1 aromatic heterocycles. The van der Waals surface area contributed by atoms with Gasteiger partial charge >= 0.3 is 0 Å². The van der Waals surface area contributed by atoms with E-state index >= 15 is 0 Å². The van der Waals surface area contributed by atoms with Gasteiger partial charge in [-0.15, -0.1) is 0 Å². The van der Waals surface area contributed by atoms with Crippen LogP contribution in [0.5, 0.6) is 0 Å². The molecule has 2 aliphatic rings. The van der Waals surface area contributed by atoms with Crippen LogP contribution < -0.4 is 0 Å². The van der Waals surface area contributed by atoms with E-state index in [-0.39, 0.29) is 0 Å². The van der Waals surface area contributed by atoms with Crippen LogP contribution in [0.4, 0.5) is 0 Å².